The van der Waals surface area contributed by atoms with Crippen molar-refractivity contribution in [2.75, 3.05) is 6.61 Å². The summed E-state index contributed by atoms with van der Waals surface area (Å²) in [7, 11) is 0. The van der Waals surface area contributed by atoms with Crippen LogP contribution in [-0.4, -0.2) is 27.6 Å². The number of ether oxygens (including phenoxy) is 1. The molecule has 4 rings (SSSR count). The van der Waals surface area contributed by atoms with Gasteiger partial charge in [0.25, 0.3) is 5.56 Å². The van der Waals surface area contributed by atoms with E-state index in [0.717, 1.165) is 44.6 Å². The highest BCUT2D eigenvalue weighted by Crippen LogP contribution is 2.28. The molecule has 0 saturated carbocycles. The molecule has 5 heteroatoms. The summed E-state index contributed by atoms with van der Waals surface area (Å²) in [6.07, 6.45) is -0.883. The summed E-state index contributed by atoms with van der Waals surface area (Å²) in [6.45, 7) is 8.14. The number of aliphatic hydroxyl groups excluding tert-OH is 1. The SMILES string of the molecule is Cc1ccc(C)c(-c2nn(CC(O)COc3c(C)cccc3C)c(=O)c3ccccc23)c1. The lowest BCUT2D eigenvalue weighted by Crippen LogP contribution is -2.32. The average Bonchev–Trinajstić information content (AvgIpc) is 2.77. The van der Waals surface area contributed by atoms with Gasteiger partial charge in [-0.15, -0.1) is 0 Å². The lowest BCUT2D eigenvalue weighted by Gasteiger charge is -2.18. The molecule has 1 aromatic heterocycles. The van der Waals surface area contributed by atoms with Gasteiger partial charge in [-0.3, -0.25) is 4.79 Å². The van der Waals surface area contributed by atoms with E-state index in [1.807, 2.05) is 70.2 Å². The zero-order valence-corrected chi connectivity index (χ0v) is 18.9. The normalized spacial score (nSPS) is 12.2. The molecule has 0 spiro atoms. The molecular formula is C27H28N2O3. The first kappa shape index (κ1) is 21.8. The van der Waals surface area contributed by atoms with E-state index in [2.05, 4.69) is 18.2 Å². The van der Waals surface area contributed by atoms with Gasteiger partial charge in [-0.1, -0.05) is 54.1 Å². The van der Waals surface area contributed by atoms with E-state index in [4.69, 9.17) is 9.84 Å². The predicted octanol–water partition coefficient (Wildman–Crippen LogP) is 4.74. The van der Waals surface area contributed by atoms with Crippen LogP contribution in [0, 0.1) is 27.7 Å². The minimum atomic E-state index is -0.883. The van der Waals surface area contributed by atoms with Crippen molar-refractivity contribution in [3.63, 3.8) is 0 Å². The molecule has 5 nitrogen and oxygen atoms in total. The molecule has 0 aliphatic rings. The topological polar surface area (TPSA) is 64.3 Å². The zero-order valence-electron chi connectivity index (χ0n) is 18.9. The first-order valence-corrected chi connectivity index (χ1v) is 10.8. The maximum absolute atomic E-state index is 13.1. The molecule has 4 aromatic rings. The van der Waals surface area contributed by atoms with Crippen LogP contribution in [0.4, 0.5) is 0 Å². The Morgan fingerprint density at radius 1 is 0.906 bits per heavy atom. The Morgan fingerprint density at radius 3 is 2.31 bits per heavy atom. The van der Waals surface area contributed by atoms with Crippen molar-refractivity contribution in [2.45, 2.75) is 40.3 Å². The van der Waals surface area contributed by atoms with Gasteiger partial charge in [0.15, 0.2) is 0 Å². The molecule has 0 bridgehead atoms. The van der Waals surface area contributed by atoms with Crippen LogP contribution in [0.5, 0.6) is 5.75 Å². The van der Waals surface area contributed by atoms with Gasteiger partial charge in [0.05, 0.1) is 17.6 Å². The number of aromatic nitrogens is 2. The van der Waals surface area contributed by atoms with E-state index >= 15 is 0 Å². The highest BCUT2D eigenvalue weighted by Gasteiger charge is 2.17. The number of rotatable bonds is 6. The summed E-state index contributed by atoms with van der Waals surface area (Å²) in [4.78, 5) is 13.1. The maximum Gasteiger partial charge on any atom is 0.274 e. The van der Waals surface area contributed by atoms with Gasteiger partial charge < -0.3 is 9.84 Å². The summed E-state index contributed by atoms with van der Waals surface area (Å²) < 4.78 is 7.24. The Balaban J connectivity index is 1.69. The van der Waals surface area contributed by atoms with Crippen LogP contribution in [0.1, 0.15) is 22.3 Å². The molecule has 1 unspecified atom stereocenters. The van der Waals surface area contributed by atoms with Crippen molar-refractivity contribution < 1.29 is 9.84 Å². The van der Waals surface area contributed by atoms with E-state index in [1.165, 1.54) is 4.68 Å². The van der Waals surface area contributed by atoms with Crippen molar-refractivity contribution in [1.82, 2.24) is 9.78 Å². The molecule has 0 saturated heterocycles. The third kappa shape index (κ3) is 4.30. The highest BCUT2D eigenvalue weighted by atomic mass is 16.5. The summed E-state index contributed by atoms with van der Waals surface area (Å²) in [6, 6.07) is 19.6. The van der Waals surface area contributed by atoms with Gasteiger partial charge in [0, 0.05) is 10.9 Å². The fourth-order valence-electron chi connectivity index (χ4n) is 4.01. The molecule has 0 aliphatic heterocycles. The smallest absolute Gasteiger partial charge is 0.274 e. The second-order valence-electron chi connectivity index (χ2n) is 8.39. The summed E-state index contributed by atoms with van der Waals surface area (Å²) in [5, 5.41) is 16.8. The second-order valence-corrected chi connectivity index (χ2v) is 8.39. The predicted molar refractivity (Wildman–Crippen MR) is 128 cm³/mol. The number of para-hydroxylation sites is 1. The molecule has 0 radical (unpaired) electrons. The number of nitrogens with zero attached hydrogens (tertiary/aromatic N) is 2. The molecule has 3 aromatic carbocycles. The lowest BCUT2D eigenvalue weighted by molar-refractivity contribution is 0.0876. The first-order valence-electron chi connectivity index (χ1n) is 10.8. The van der Waals surface area contributed by atoms with Crippen LogP contribution >= 0.6 is 0 Å². The average molecular weight is 429 g/mol. The van der Waals surface area contributed by atoms with Crippen molar-refractivity contribution in [2.24, 2.45) is 0 Å². The van der Waals surface area contributed by atoms with Gasteiger partial charge >= 0.3 is 0 Å². The minimum Gasteiger partial charge on any atom is -0.490 e. The molecule has 0 amide bonds. The van der Waals surface area contributed by atoms with Gasteiger partial charge in [0.2, 0.25) is 0 Å². The zero-order chi connectivity index (χ0) is 22.8. The fraction of sp³-hybridized carbons (Fsp3) is 0.259. The van der Waals surface area contributed by atoms with E-state index in [0.29, 0.717) is 5.39 Å². The van der Waals surface area contributed by atoms with Crippen LogP contribution in [0.2, 0.25) is 0 Å². The summed E-state index contributed by atoms with van der Waals surface area (Å²) in [5.74, 6) is 0.765. The largest absolute Gasteiger partial charge is 0.490 e. The third-order valence-electron chi connectivity index (χ3n) is 5.73. The van der Waals surface area contributed by atoms with Gasteiger partial charge in [-0.2, -0.15) is 5.10 Å². The Hall–Kier alpha value is -3.44. The maximum atomic E-state index is 13.1. The van der Waals surface area contributed by atoms with Crippen molar-refractivity contribution in [3.05, 3.63) is 93.3 Å². The Kier molecular flexibility index (Phi) is 6.10. The van der Waals surface area contributed by atoms with E-state index in [-0.39, 0.29) is 18.7 Å². The standard InChI is InChI=1S/C27H28N2O3/c1-17-12-13-18(2)24(14-17)25-22-10-5-6-11-23(22)27(31)29(28-25)15-21(30)16-32-26-19(3)8-7-9-20(26)4/h5-14,21,30H,15-16H2,1-4H3. The van der Waals surface area contributed by atoms with Crippen LogP contribution < -0.4 is 10.3 Å². The number of aryl methyl sites for hydroxylation is 4. The van der Waals surface area contributed by atoms with Crippen molar-refractivity contribution >= 4 is 10.8 Å². The second kappa shape index (κ2) is 8.97. The van der Waals surface area contributed by atoms with Gasteiger partial charge in [-0.25, -0.2) is 4.68 Å². The monoisotopic (exact) mass is 428 g/mol. The molecule has 164 valence electrons. The Morgan fingerprint density at radius 2 is 1.59 bits per heavy atom. The fourth-order valence-corrected chi connectivity index (χ4v) is 4.01. The highest BCUT2D eigenvalue weighted by molar-refractivity contribution is 5.94. The Bertz CT molecular complexity index is 1320. The van der Waals surface area contributed by atoms with Crippen LogP contribution in [0.3, 0.4) is 0 Å². The van der Waals surface area contributed by atoms with E-state index in [9.17, 15) is 9.90 Å². The number of hydrogen-bond donors (Lipinski definition) is 1. The molecule has 1 heterocycles. The quantitative estimate of drug-likeness (QED) is 0.482. The summed E-state index contributed by atoms with van der Waals surface area (Å²) >= 11 is 0. The molecular weight excluding hydrogens is 400 g/mol. The van der Waals surface area contributed by atoms with Crippen LogP contribution in [-0.2, 0) is 6.54 Å². The number of benzene rings is 3. The van der Waals surface area contributed by atoms with Gasteiger partial charge in [-0.05, 0) is 56.5 Å². The van der Waals surface area contributed by atoms with Gasteiger partial charge in [0.1, 0.15) is 18.5 Å². The van der Waals surface area contributed by atoms with E-state index < -0.39 is 6.10 Å². The Labute approximate surface area is 187 Å². The van der Waals surface area contributed by atoms with E-state index in [1.54, 1.807) is 0 Å². The number of hydrogen-bond acceptors (Lipinski definition) is 4. The van der Waals surface area contributed by atoms with Crippen molar-refractivity contribution in [1.29, 1.82) is 0 Å². The third-order valence-corrected chi connectivity index (χ3v) is 5.73. The van der Waals surface area contributed by atoms with Crippen molar-refractivity contribution in [3.8, 4) is 17.0 Å². The molecule has 1 atom stereocenters. The van der Waals surface area contributed by atoms with Crippen LogP contribution in [0.15, 0.2) is 65.5 Å². The van der Waals surface area contributed by atoms with Crippen LogP contribution in [0.25, 0.3) is 22.0 Å². The lowest BCUT2D eigenvalue weighted by atomic mass is 9.99. The molecule has 1 N–H and O–H groups in total. The molecule has 32 heavy (non-hydrogen) atoms. The minimum absolute atomic E-state index is 0.0481. The number of aliphatic hydroxyl groups is 1. The first-order chi connectivity index (χ1) is 15.3. The summed E-state index contributed by atoms with van der Waals surface area (Å²) in [5.41, 5.74) is 5.72. The number of fused-ring (bicyclic) bond motifs is 1. The molecule has 0 aliphatic carbocycles. The molecule has 0 fully saturated rings.